The fourth-order valence-electron chi connectivity index (χ4n) is 2.20. The number of nitrogens with one attached hydrogen (secondary N) is 1. The summed E-state index contributed by atoms with van der Waals surface area (Å²) in [7, 11) is 0. The van der Waals surface area contributed by atoms with Crippen molar-refractivity contribution in [2.75, 3.05) is 6.54 Å². The molecule has 0 saturated carbocycles. The Morgan fingerprint density at radius 2 is 1.96 bits per heavy atom. The first kappa shape index (κ1) is 16.7. The van der Waals surface area contributed by atoms with Crippen molar-refractivity contribution in [1.82, 2.24) is 5.32 Å². The monoisotopic (exact) mass is 318 g/mol. The van der Waals surface area contributed by atoms with Crippen molar-refractivity contribution < 1.29 is 18.4 Å². The predicted octanol–water partition coefficient (Wildman–Crippen LogP) is 1.81. The minimum absolute atomic E-state index is 0.156. The van der Waals surface area contributed by atoms with Gasteiger partial charge in [-0.2, -0.15) is 0 Å². The number of carbonyl (C=O) groups is 2. The van der Waals surface area contributed by atoms with E-state index in [4.69, 9.17) is 10.2 Å². The maximum absolute atomic E-state index is 12.9. The summed E-state index contributed by atoms with van der Waals surface area (Å²) >= 11 is 0. The molecule has 23 heavy (non-hydrogen) atoms. The van der Waals surface area contributed by atoms with Crippen LogP contribution in [0.25, 0.3) is 0 Å². The van der Waals surface area contributed by atoms with Gasteiger partial charge in [0, 0.05) is 19.4 Å². The van der Waals surface area contributed by atoms with Crippen LogP contribution in [0.5, 0.6) is 0 Å². The third-order valence-corrected chi connectivity index (χ3v) is 3.52. The van der Waals surface area contributed by atoms with E-state index in [-0.39, 0.29) is 24.7 Å². The Hall–Kier alpha value is -2.63. The van der Waals surface area contributed by atoms with Gasteiger partial charge < -0.3 is 15.5 Å². The van der Waals surface area contributed by atoms with Crippen LogP contribution in [0, 0.1) is 11.7 Å². The van der Waals surface area contributed by atoms with Gasteiger partial charge in [-0.15, -0.1) is 0 Å². The van der Waals surface area contributed by atoms with Crippen molar-refractivity contribution in [2.45, 2.75) is 19.3 Å². The van der Waals surface area contributed by atoms with E-state index in [1.165, 1.54) is 12.1 Å². The number of benzene rings is 1. The molecule has 3 N–H and O–H groups in total. The lowest BCUT2D eigenvalue weighted by molar-refractivity contribution is -0.123. The molecule has 0 saturated heterocycles. The molecule has 1 aromatic heterocycles. The summed E-state index contributed by atoms with van der Waals surface area (Å²) in [5, 5.41) is 2.70. The highest BCUT2D eigenvalue weighted by molar-refractivity contribution is 5.79. The van der Waals surface area contributed by atoms with E-state index in [2.05, 4.69) is 5.32 Å². The van der Waals surface area contributed by atoms with E-state index < -0.39 is 11.8 Å². The minimum atomic E-state index is -0.534. The smallest absolute Gasteiger partial charge is 0.222 e. The number of hydrogen-bond donors (Lipinski definition) is 2. The number of aryl methyl sites for hydroxylation is 1. The summed E-state index contributed by atoms with van der Waals surface area (Å²) in [6, 6.07) is 9.42. The van der Waals surface area contributed by atoms with Crippen LogP contribution in [0.4, 0.5) is 4.39 Å². The quantitative estimate of drug-likeness (QED) is 0.778. The van der Waals surface area contributed by atoms with Crippen LogP contribution in [0.2, 0.25) is 0 Å². The Bertz CT molecular complexity index is 638. The normalized spacial score (nSPS) is 11.9. The number of amides is 2. The number of furan rings is 1. The number of primary amides is 1. The second-order valence-electron chi connectivity index (χ2n) is 5.31. The fraction of sp³-hybridized carbons (Fsp3) is 0.294. The van der Waals surface area contributed by atoms with Crippen molar-refractivity contribution >= 4 is 11.8 Å². The molecule has 5 nitrogen and oxygen atoms in total. The first-order valence-corrected chi connectivity index (χ1v) is 7.37. The molecule has 0 bridgehead atoms. The molecule has 2 amide bonds. The van der Waals surface area contributed by atoms with Crippen molar-refractivity contribution in [2.24, 2.45) is 11.7 Å². The molecule has 6 heteroatoms. The molecule has 0 aliphatic carbocycles. The largest absolute Gasteiger partial charge is 0.469 e. The van der Waals surface area contributed by atoms with E-state index >= 15 is 0 Å². The summed E-state index contributed by atoms with van der Waals surface area (Å²) in [6.07, 6.45) is 2.68. The molecule has 0 aliphatic rings. The summed E-state index contributed by atoms with van der Waals surface area (Å²) in [5.74, 6) is -0.811. The Labute approximate surface area is 133 Å². The summed E-state index contributed by atoms with van der Waals surface area (Å²) in [4.78, 5) is 23.3. The second-order valence-corrected chi connectivity index (χ2v) is 5.31. The van der Waals surface area contributed by atoms with Crippen LogP contribution in [0.1, 0.15) is 17.7 Å². The Morgan fingerprint density at radius 3 is 2.57 bits per heavy atom. The zero-order chi connectivity index (χ0) is 16.7. The highest BCUT2D eigenvalue weighted by Crippen LogP contribution is 2.10. The minimum Gasteiger partial charge on any atom is -0.469 e. The SMILES string of the molecule is NC(=O)C(CNC(=O)CCc1ccco1)Cc1ccc(F)cc1. The molecule has 2 aromatic rings. The number of hydrogen-bond acceptors (Lipinski definition) is 3. The first-order chi connectivity index (χ1) is 11.0. The van der Waals surface area contributed by atoms with Gasteiger partial charge in [0.25, 0.3) is 0 Å². The third kappa shape index (κ3) is 5.58. The van der Waals surface area contributed by atoms with Crippen molar-refractivity contribution in [3.63, 3.8) is 0 Å². The maximum atomic E-state index is 12.9. The Balaban J connectivity index is 1.80. The third-order valence-electron chi connectivity index (χ3n) is 3.52. The van der Waals surface area contributed by atoms with Crippen LogP contribution in [0.15, 0.2) is 47.1 Å². The lowest BCUT2D eigenvalue weighted by Gasteiger charge is -2.14. The van der Waals surface area contributed by atoms with Gasteiger partial charge in [0.2, 0.25) is 11.8 Å². The molecule has 1 aromatic carbocycles. The van der Waals surface area contributed by atoms with E-state index in [0.29, 0.717) is 12.8 Å². The molecule has 1 atom stereocenters. The standard InChI is InChI=1S/C17H19FN2O3/c18-14-5-3-12(4-6-14)10-13(17(19)22)11-20-16(21)8-7-15-2-1-9-23-15/h1-6,9,13H,7-8,10-11H2,(H2,19,22)(H,20,21). The Kier molecular flexibility index (Phi) is 5.91. The highest BCUT2D eigenvalue weighted by Gasteiger charge is 2.17. The highest BCUT2D eigenvalue weighted by atomic mass is 19.1. The zero-order valence-electron chi connectivity index (χ0n) is 12.6. The molecule has 0 radical (unpaired) electrons. The average molecular weight is 318 g/mol. The van der Waals surface area contributed by atoms with Gasteiger partial charge in [-0.3, -0.25) is 9.59 Å². The molecule has 1 heterocycles. The summed E-state index contributed by atoms with van der Waals surface area (Å²) < 4.78 is 18.0. The second kappa shape index (κ2) is 8.12. The molecule has 0 aliphatic heterocycles. The molecule has 0 fully saturated rings. The number of nitrogens with two attached hydrogens (primary N) is 1. The van der Waals surface area contributed by atoms with Crippen molar-refractivity contribution in [1.29, 1.82) is 0 Å². The van der Waals surface area contributed by atoms with Crippen LogP contribution >= 0.6 is 0 Å². The number of carbonyl (C=O) groups excluding carboxylic acids is 2. The lowest BCUT2D eigenvalue weighted by Crippen LogP contribution is -2.37. The molecule has 1 unspecified atom stereocenters. The number of halogens is 1. The van der Waals surface area contributed by atoms with Crippen LogP contribution in [-0.4, -0.2) is 18.4 Å². The van der Waals surface area contributed by atoms with Gasteiger partial charge in [0.1, 0.15) is 11.6 Å². The van der Waals surface area contributed by atoms with Gasteiger partial charge in [0.15, 0.2) is 0 Å². The fourth-order valence-corrected chi connectivity index (χ4v) is 2.20. The van der Waals surface area contributed by atoms with E-state index in [9.17, 15) is 14.0 Å². The van der Waals surface area contributed by atoms with Gasteiger partial charge in [0.05, 0.1) is 12.2 Å². The molecular formula is C17H19FN2O3. The molecule has 2 rings (SSSR count). The maximum Gasteiger partial charge on any atom is 0.222 e. The van der Waals surface area contributed by atoms with Gasteiger partial charge >= 0.3 is 0 Å². The van der Waals surface area contributed by atoms with Crippen LogP contribution < -0.4 is 11.1 Å². The zero-order valence-corrected chi connectivity index (χ0v) is 12.6. The van der Waals surface area contributed by atoms with E-state index in [1.807, 2.05) is 0 Å². The average Bonchev–Trinajstić information content (AvgIpc) is 3.04. The topological polar surface area (TPSA) is 85.3 Å². The first-order valence-electron chi connectivity index (χ1n) is 7.37. The van der Waals surface area contributed by atoms with Gasteiger partial charge in [-0.05, 0) is 36.2 Å². The van der Waals surface area contributed by atoms with Gasteiger partial charge in [-0.25, -0.2) is 4.39 Å². The van der Waals surface area contributed by atoms with Gasteiger partial charge in [-0.1, -0.05) is 12.1 Å². The summed E-state index contributed by atoms with van der Waals surface area (Å²) in [5.41, 5.74) is 6.16. The van der Waals surface area contributed by atoms with Crippen molar-refractivity contribution in [3.05, 3.63) is 59.8 Å². The molecule has 0 spiro atoms. The molecular weight excluding hydrogens is 299 g/mol. The number of rotatable bonds is 8. The lowest BCUT2D eigenvalue weighted by atomic mass is 9.98. The van der Waals surface area contributed by atoms with Crippen LogP contribution in [0.3, 0.4) is 0 Å². The van der Waals surface area contributed by atoms with E-state index in [1.54, 1.807) is 30.5 Å². The van der Waals surface area contributed by atoms with Crippen molar-refractivity contribution in [3.8, 4) is 0 Å². The summed E-state index contributed by atoms with van der Waals surface area (Å²) in [6.45, 7) is 0.156. The molecule has 122 valence electrons. The van der Waals surface area contributed by atoms with E-state index in [0.717, 1.165) is 11.3 Å². The Morgan fingerprint density at radius 1 is 1.22 bits per heavy atom. The van der Waals surface area contributed by atoms with Crippen LogP contribution in [-0.2, 0) is 22.4 Å². The predicted molar refractivity (Wildman–Crippen MR) is 82.8 cm³/mol.